The van der Waals surface area contributed by atoms with E-state index in [4.69, 9.17) is 5.26 Å². The molecule has 0 bridgehead atoms. The van der Waals surface area contributed by atoms with Crippen LogP contribution in [-0.4, -0.2) is 46.1 Å². The van der Waals surface area contributed by atoms with Gasteiger partial charge in [0.05, 0.1) is 6.04 Å². The van der Waals surface area contributed by atoms with Gasteiger partial charge in [-0.25, -0.2) is 19.9 Å². The Balaban J connectivity index is 1.68. The normalized spacial score (nSPS) is 14.4. The van der Waals surface area contributed by atoms with Gasteiger partial charge in [0.15, 0.2) is 0 Å². The van der Waals surface area contributed by atoms with E-state index in [1.807, 2.05) is 37.9 Å². The van der Waals surface area contributed by atoms with Crippen LogP contribution in [0.4, 0.5) is 11.8 Å². The molecule has 0 radical (unpaired) electrons. The van der Waals surface area contributed by atoms with Crippen molar-refractivity contribution < 1.29 is 0 Å². The maximum absolute atomic E-state index is 8.92. The number of nitrogens with zero attached hydrogens (tertiary/aromatic N) is 7. The summed E-state index contributed by atoms with van der Waals surface area (Å²) in [6.45, 7) is 5.59. The fourth-order valence-corrected chi connectivity index (χ4v) is 2.49. The molecule has 1 saturated heterocycles. The van der Waals surface area contributed by atoms with E-state index in [1.54, 1.807) is 12.3 Å². The maximum Gasteiger partial charge on any atom is 0.226 e. The summed E-state index contributed by atoms with van der Waals surface area (Å²) in [5, 5.41) is 8.92. The molecule has 112 valence electrons. The van der Waals surface area contributed by atoms with Gasteiger partial charge >= 0.3 is 0 Å². The molecular formula is C15H17N7. The largest absolute Gasteiger partial charge is 0.352 e. The molecule has 2 aromatic rings. The number of rotatable bonds is 3. The maximum atomic E-state index is 8.92. The molecule has 0 aliphatic carbocycles. The van der Waals surface area contributed by atoms with Gasteiger partial charge in [0.2, 0.25) is 5.95 Å². The molecule has 0 N–H and O–H groups in total. The highest BCUT2D eigenvalue weighted by Gasteiger charge is 2.32. The van der Waals surface area contributed by atoms with Crippen molar-refractivity contribution in [3.63, 3.8) is 0 Å². The van der Waals surface area contributed by atoms with Gasteiger partial charge in [-0.1, -0.05) is 0 Å². The molecule has 1 aliphatic rings. The number of aromatic nitrogens is 4. The highest BCUT2D eigenvalue weighted by Crippen LogP contribution is 2.23. The molecule has 7 heteroatoms. The van der Waals surface area contributed by atoms with Gasteiger partial charge in [-0.15, -0.1) is 0 Å². The summed E-state index contributed by atoms with van der Waals surface area (Å²) in [7, 11) is 1.95. The summed E-state index contributed by atoms with van der Waals surface area (Å²) in [6, 6.07) is 5.95. The highest BCUT2D eigenvalue weighted by atomic mass is 15.4. The van der Waals surface area contributed by atoms with Gasteiger partial charge in [0.25, 0.3) is 0 Å². The average molecular weight is 295 g/mol. The number of hydrogen-bond acceptors (Lipinski definition) is 7. The first-order valence-electron chi connectivity index (χ1n) is 7.10. The van der Waals surface area contributed by atoms with Gasteiger partial charge in [-0.05, 0) is 19.9 Å². The van der Waals surface area contributed by atoms with E-state index >= 15 is 0 Å². The average Bonchev–Trinajstić information content (AvgIpc) is 2.44. The first kappa shape index (κ1) is 14.2. The lowest BCUT2D eigenvalue weighted by atomic mass is 10.1. The van der Waals surface area contributed by atoms with Gasteiger partial charge < -0.3 is 9.80 Å². The molecule has 0 unspecified atom stereocenters. The van der Waals surface area contributed by atoms with E-state index in [0.717, 1.165) is 30.4 Å². The van der Waals surface area contributed by atoms with Crippen molar-refractivity contribution in [2.24, 2.45) is 0 Å². The lowest BCUT2D eigenvalue weighted by Crippen LogP contribution is -2.59. The molecular weight excluding hydrogens is 278 g/mol. The molecule has 0 spiro atoms. The molecule has 2 aromatic heterocycles. The molecule has 1 fully saturated rings. The summed E-state index contributed by atoms with van der Waals surface area (Å²) >= 11 is 0. The minimum atomic E-state index is 0.310. The van der Waals surface area contributed by atoms with E-state index in [2.05, 4.69) is 24.8 Å². The second-order valence-corrected chi connectivity index (χ2v) is 5.44. The Hall–Kier alpha value is -2.75. The second kappa shape index (κ2) is 5.56. The Morgan fingerprint density at radius 1 is 1.27 bits per heavy atom. The fourth-order valence-electron chi connectivity index (χ4n) is 2.49. The molecule has 0 aromatic carbocycles. The highest BCUT2D eigenvalue weighted by molar-refractivity contribution is 5.47. The quantitative estimate of drug-likeness (QED) is 0.838. The summed E-state index contributed by atoms with van der Waals surface area (Å²) in [5.41, 5.74) is 1.36. The van der Waals surface area contributed by atoms with Gasteiger partial charge in [0, 0.05) is 38.1 Å². The Bertz CT molecular complexity index is 711. The van der Waals surface area contributed by atoms with Crippen molar-refractivity contribution >= 4 is 11.8 Å². The van der Waals surface area contributed by atoms with Crippen LogP contribution < -0.4 is 9.80 Å². The van der Waals surface area contributed by atoms with Crippen molar-refractivity contribution in [2.75, 3.05) is 29.9 Å². The van der Waals surface area contributed by atoms with E-state index in [-0.39, 0.29) is 0 Å². The zero-order valence-electron chi connectivity index (χ0n) is 12.9. The van der Waals surface area contributed by atoms with Crippen molar-refractivity contribution in [1.82, 2.24) is 19.9 Å². The topological polar surface area (TPSA) is 81.8 Å². The molecule has 3 rings (SSSR count). The number of nitriles is 1. The SMILES string of the molecule is Cc1cc(N2CC(N(C)c3nccc(C#N)n3)C2)nc(C)n1. The summed E-state index contributed by atoms with van der Waals surface area (Å²) in [4.78, 5) is 21.5. The van der Waals surface area contributed by atoms with Crippen LogP contribution in [0.15, 0.2) is 18.3 Å². The van der Waals surface area contributed by atoms with E-state index in [0.29, 0.717) is 17.7 Å². The lowest BCUT2D eigenvalue weighted by molar-refractivity contribution is 0.485. The Morgan fingerprint density at radius 3 is 2.73 bits per heavy atom. The first-order chi connectivity index (χ1) is 10.6. The van der Waals surface area contributed by atoms with E-state index in [1.165, 1.54) is 0 Å². The van der Waals surface area contributed by atoms with Gasteiger partial charge in [0.1, 0.15) is 23.4 Å². The van der Waals surface area contributed by atoms with Crippen LogP contribution in [-0.2, 0) is 0 Å². The third-order valence-electron chi connectivity index (χ3n) is 3.76. The molecule has 0 amide bonds. The number of hydrogen-bond donors (Lipinski definition) is 0. The number of aryl methyl sites for hydroxylation is 2. The number of likely N-dealkylation sites (N-methyl/N-ethyl adjacent to an activating group) is 1. The van der Waals surface area contributed by atoms with Crippen LogP contribution in [0.25, 0.3) is 0 Å². The van der Waals surface area contributed by atoms with Crippen LogP contribution in [0.2, 0.25) is 0 Å². The molecule has 7 nitrogen and oxygen atoms in total. The van der Waals surface area contributed by atoms with Crippen LogP contribution in [0.3, 0.4) is 0 Å². The zero-order chi connectivity index (χ0) is 15.7. The Labute approximate surface area is 129 Å². The lowest BCUT2D eigenvalue weighted by Gasteiger charge is -2.44. The third kappa shape index (κ3) is 2.68. The molecule has 0 saturated carbocycles. The molecule has 3 heterocycles. The predicted molar refractivity (Wildman–Crippen MR) is 82.7 cm³/mol. The summed E-state index contributed by atoms with van der Waals surface area (Å²) in [5.74, 6) is 2.33. The monoisotopic (exact) mass is 295 g/mol. The van der Waals surface area contributed by atoms with Crippen molar-refractivity contribution in [3.8, 4) is 6.07 Å². The van der Waals surface area contributed by atoms with Crippen molar-refractivity contribution in [3.05, 3.63) is 35.5 Å². The predicted octanol–water partition coefficient (Wildman–Crippen LogP) is 1.08. The molecule has 1 aliphatic heterocycles. The van der Waals surface area contributed by atoms with E-state index in [9.17, 15) is 0 Å². The van der Waals surface area contributed by atoms with E-state index < -0.39 is 0 Å². The minimum Gasteiger partial charge on any atom is -0.352 e. The second-order valence-electron chi connectivity index (χ2n) is 5.44. The Kier molecular flexibility index (Phi) is 3.59. The van der Waals surface area contributed by atoms with Gasteiger partial charge in [-0.2, -0.15) is 5.26 Å². The van der Waals surface area contributed by atoms with Crippen LogP contribution in [0, 0.1) is 25.2 Å². The van der Waals surface area contributed by atoms with Gasteiger partial charge in [-0.3, -0.25) is 0 Å². The molecule has 0 atom stereocenters. The van der Waals surface area contributed by atoms with Crippen LogP contribution in [0.5, 0.6) is 0 Å². The Morgan fingerprint density at radius 2 is 2.05 bits per heavy atom. The van der Waals surface area contributed by atoms with Crippen molar-refractivity contribution in [1.29, 1.82) is 5.26 Å². The summed E-state index contributed by atoms with van der Waals surface area (Å²) in [6.07, 6.45) is 1.62. The minimum absolute atomic E-state index is 0.310. The third-order valence-corrected chi connectivity index (χ3v) is 3.76. The molecule has 22 heavy (non-hydrogen) atoms. The smallest absolute Gasteiger partial charge is 0.226 e. The first-order valence-corrected chi connectivity index (χ1v) is 7.10. The standard InChI is InChI=1S/C15H17N7/c1-10-6-14(19-11(2)18-10)22-8-13(9-22)21(3)15-17-5-4-12(7-16)20-15/h4-6,13H,8-9H2,1-3H3. The van der Waals surface area contributed by atoms with Crippen molar-refractivity contribution in [2.45, 2.75) is 19.9 Å². The summed E-state index contributed by atoms with van der Waals surface area (Å²) < 4.78 is 0. The fraction of sp³-hybridized carbons (Fsp3) is 0.400. The number of anilines is 2. The zero-order valence-corrected chi connectivity index (χ0v) is 12.9. The van der Waals surface area contributed by atoms with Crippen LogP contribution in [0.1, 0.15) is 17.2 Å². The van der Waals surface area contributed by atoms with Crippen LogP contribution >= 0.6 is 0 Å².